The van der Waals surface area contributed by atoms with E-state index in [1.54, 1.807) is 0 Å². The van der Waals surface area contributed by atoms with Gasteiger partial charge in [-0.15, -0.1) is 0 Å². The van der Waals surface area contributed by atoms with Crippen molar-refractivity contribution in [3.63, 3.8) is 0 Å². The number of ketones is 1. The van der Waals surface area contributed by atoms with E-state index in [4.69, 9.17) is 0 Å². The van der Waals surface area contributed by atoms with Crippen molar-refractivity contribution in [1.82, 2.24) is 9.21 Å². The number of rotatable bonds is 2. The molecule has 7 nitrogen and oxygen atoms in total. The highest BCUT2D eigenvalue weighted by molar-refractivity contribution is 7.89. The van der Waals surface area contributed by atoms with Crippen LogP contribution >= 0.6 is 0 Å². The lowest BCUT2D eigenvalue weighted by molar-refractivity contribution is -0.112. The zero-order valence-corrected chi connectivity index (χ0v) is 12.3. The number of carbonyl (C=O) groups excluding carboxylic acids is 2. The van der Waals surface area contributed by atoms with Crippen LogP contribution in [-0.4, -0.2) is 62.5 Å². The fourth-order valence-corrected chi connectivity index (χ4v) is 3.91. The molecule has 0 atom stereocenters. The lowest BCUT2D eigenvalue weighted by Gasteiger charge is -2.31. The molecule has 2 heterocycles. The quantitative estimate of drug-likeness (QED) is 0.762. The number of hydrogen-bond acceptors (Lipinski definition) is 5. The largest absolute Gasteiger partial charge is 0.318 e. The minimum atomic E-state index is -3.63. The van der Waals surface area contributed by atoms with E-state index in [2.05, 4.69) is 10.2 Å². The number of amides is 1. The summed E-state index contributed by atoms with van der Waals surface area (Å²) in [6.07, 6.45) is 0. The van der Waals surface area contributed by atoms with Gasteiger partial charge in [0.2, 0.25) is 10.0 Å². The highest BCUT2D eigenvalue weighted by atomic mass is 32.2. The van der Waals surface area contributed by atoms with Crippen molar-refractivity contribution in [1.29, 1.82) is 0 Å². The molecule has 1 N–H and O–H groups in total. The number of carbonyl (C=O) groups is 2. The standard InChI is InChI=1S/C13H15N3O4S/c1-15-4-6-16(7-5-15)21(19,20)9-2-3-11-10(8-9)12(17)13(18)14-11/h2-3,8H,4-7H2,1H3,(H,14,17,18). The third-order valence-electron chi connectivity index (χ3n) is 3.79. The van der Waals surface area contributed by atoms with Crippen LogP contribution in [0, 0.1) is 0 Å². The molecule has 8 heteroatoms. The second-order valence-electron chi connectivity index (χ2n) is 5.20. The molecule has 1 amide bonds. The number of anilines is 1. The van der Waals surface area contributed by atoms with E-state index in [1.165, 1.54) is 22.5 Å². The third kappa shape index (κ3) is 2.35. The lowest BCUT2D eigenvalue weighted by atomic mass is 10.1. The van der Waals surface area contributed by atoms with Crippen molar-refractivity contribution < 1.29 is 18.0 Å². The molecule has 0 saturated carbocycles. The summed E-state index contributed by atoms with van der Waals surface area (Å²) in [5, 5.41) is 2.41. The Hall–Kier alpha value is -1.77. The van der Waals surface area contributed by atoms with Crippen molar-refractivity contribution in [3.05, 3.63) is 23.8 Å². The molecule has 1 aromatic carbocycles. The van der Waals surface area contributed by atoms with E-state index < -0.39 is 21.7 Å². The summed E-state index contributed by atoms with van der Waals surface area (Å²) in [5.41, 5.74) is 0.484. The average molecular weight is 309 g/mol. The van der Waals surface area contributed by atoms with Gasteiger partial charge in [-0.1, -0.05) is 0 Å². The van der Waals surface area contributed by atoms with Gasteiger partial charge in [-0.25, -0.2) is 8.42 Å². The number of Topliss-reactive ketones (excluding diaryl/α,β-unsaturated/α-hetero) is 1. The number of nitrogens with zero attached hydrogens (tertiary/aromatic N) is 2. The maximum absolute atomic E-state index is 12.6. The van der Waals surface area contributed by atoms with Crippen molar-refractivity contribution in [3.8, 4) is 0 Å². The van der Waals surface area contributed by atoms with Gasteiger partial charge in [0.25, 0.3) is 11.7 Å². The molecule has 0 aliphatic carbocycles. The van der Waals surface area contributed by atoms with E-state index in [-0.39, 0.29) is 10.5 Å². The van der Waals surface area contributed by atoms with Crippen LogP contribution < -0.4 is 5.32 Å². The molecular formula is C13H15N3O4S. The first-order valence-corrected chi connectivity index (χ1v) is 8.02. The van der Waals surface area contributed by atoms with Gasteiger partial charge in [0.05, 0.1) is 16.1 Å². The molecule has 2 aliphatic heterocycles. The van der Waals surface area contributed by atoms with Crippen LogP contribution in [0.1, 0.15) is 10.4 Å². The maximum atomic E-state index is 12.6. The first kappa shape index (κ1) is 14.2. The predicted molar refractivity (Wildman–Crippen MR) is 75.7 cm³/mol. The summed E-state index contributed by atoms with van der Waals surface area (Å²) in [7, 11) is -1.69. The molecule has 0 radical (unpaired) electrons. The van der Waals surface area contributed by atoms with Crippen LogP contribution in [0.4, 0.5) is 5.69 Å². The van der Waals surface area contributed by atoms with Crippen LogP contribution in [0.2, 0.25) is 0 Å². The van der Waals surface area contributed by atoms with Crippen molar-refractivity contribution in [2.45, 2.75) is 4.90 Å². The topological polar surface area (TPSA) is 86.8 Å². The van der Waals surface area contributed by atoms with Crippen molar-refractivity contribution >= 4 is 27.4 Å². The molecule has 3 rings (SSSR count). The van der Waals surface area contributed by atoms with Crippen molar-refractivity contribution in [2.24, 2.45) is 0 Å². The Morgan fingerprint density at radius 3 is 2.43 bits per heavy atom. The van der Waals surface area contributed by atoms with Crippen LogP contribution in [0.25, 0.3) is 0 Å². The molecule has 0 aromatic heterocycles. The smallest absolute Gasteiger partial charge is 0.296 e. The first-order chi connectivity index (χ1) is 9.89. The Morgan fingerprint density at radius 1 is 1.10 bits per heavy atom. The molecule has 112 valence electrons. The van der Waals surface area contributed by atoms with Gasteiger partial charge in [0.1, 0.15) is 0 Å². The Kier molecular flexibility index (Phi) is 3.31. The summed E-state index contributed by atoms with van der Waals surface area (Å²) < 4.78 is 26.6. The Bertz CT molecular complexity index is 721. The summed E-state index contributed by atoms with van der Waals surface area (Å²) in [5.74, 6) is -1.42. The third-order valence-corrected chi connectivity index (χ3v) is 5.68. The van der Waals surface area contributed by atoms with E-state index in [9.17, 15) is 18.0 Å². The second kappa shape index (κ2) is 4.90. The van der Waals surface area contributed by atoms with Crippen LogP contribution in [-0.2, 0) is 14.8 Å². The fraction of sp³-hybridized carbons (Fsp3) is 0.385. The summed E-state index contributed by atoms with van der Waals surface area (Å²) in [6.45, 7) is 2.17. The molecule has 0 spiro atoms. The average Bonchev–Trinajstić information content (AvgIpc) is 2.74. The fourth-order valence-electron chi connectivity index (χ4n) is 2.46. The van der Waals surface area contributed by atoms with Gasteiger partial charge in [-0.3, -0.25) is 9.59 Å². The molecule has 21 heavy (non-hydrogen) atoms. The molecule has 1 fully saturated rings. The highest BCUT2D eigenvalue weighted by Gasteiger charge is 2.32. The minimum absolute atomic E-state index is 0.0515. The van der Waals surface area contributed by atoms with E-state index in [0.29, 0.717) is 31.9 Å². The molecule has 0 unspecified atom stereocenters. The van der Waals surface area contributed by atoms with Gasteiger partial charge in [-0.2, -0.15) is 4.31 Å². The minimum Gasteiger partial charge on any atom is -0.318 e. The Morgan fingerprint density at radius 2 is 1.76 bits per heavy atom. The predicted octanol–water partition coefficient (Wildman–Crippen LogP) is -0.242. The molecular weight excluding hydrogens is 294 g/mol. The number of nitrogens with one attached hydrogen (secondary N) is 1. The van der Waals surface area contributed by atoms with Crippen LogP contribution in [0.15, 0.2) is 23.1 Å². The van der Waals surface area contributed by atoms with Gasteiger partial charge in [-0.05, 0) is 25.2 Å². The highest BCUT2D eigenvalue weighted by Crippen LogP contribution is 2.27. The van der Waals surface area contributed by atoms with Gasteiger partial charge < -0.3 is 10.2 Å². The Balaban J connectivity index is 1.94. The zero-order valence-electron chi connectivity index (χ0n) is 11.5. The Labute approximate surface area is 122 Å². The summed E-state index contributed by atoms with van der Waals surface area (Å²) in [6, 6.07) is 4.16. The normalized spacial score (nSPS) is 20.4. The summed E-state index contributed by atoms with van der Waals surface area (Å²) in [4.78, 5) is 25.1. The van der Waals surface area contributed by atoms with E-state index >= 15 is 0 Å². The number of piperazine rings is 1. The molecule has 0 bridgehead atoms. The zero-order chi connectivity index (χ0) is 15.2. The van der Waals surface area contributed by atoms with Gasteiger partial charge >= 0.3 is 0 Å². The number of benzene rings is 1. The van der Waals surface area contributed by atoms with E-state index in [0.717, 1.165) is 0 Å². The SMILES string of the molecule is CN1CCN(S(=O)(=O)c2ccc3c(c2)C(=O)C(=O)N3)CC1. The molecule has 1 saturated heterocycles. The number of sulfonamides is 1. The molecule has 1 aromatic rings. The summed E-state index contributed by atoms with van der Waals surface area (Å²) >= 11 is 0. The van der Waals surface area contributed by atoms with Crippen molar-refractivity contribution in [2.75, 3.05) is 38.5 Å². The molecule has 2 aliphatic rings. The maximum Gasteiger partial charge on any atom is 0.296 e. The number of fused-ring (bicyclic) bond motifs is 1. The second-order valence-corrected chi connectivity index (χ2v) is 7.14. The van der Waals surface area contributed by atoms with Gasteiger partial charge in [0.15, 0.2) is 0 Å². The lowest BCUT2D eigenvalue weighted by Crippen LogP contribution is -2.47. The van der Waals surface area contributed by atoms with Crippen LogP contribution in [0.5, 0.6) is 0 Å². The van der Waals surface area contributed by atoms with E-state index in [1.807, 2.05) is 7.05 Å². The monoisotopic (exact) mass is 309 g/mol. The van der Waals surface area contributed by atoms with Gasteiger partial charge in [0, 0.05) is 26.2 Å². The number of hydrogen-bond donors (Lipinski definition) is 1. The van der Waals surface area contributed by atoms with Crippen LogP contribution in [0.3, 0.4) is 0 Å². The first-order valence-electron chi connectivity index (χ1n) is 6.58. The number of likely N-dealkylation sites (N-methyl/N-ethyl adjacent to an activating group) is 1.